The van der Waals surface area contributed by atoms with Crippen LogP contribution in [0.2, 0.25) is 0 Å². The molecule has 0 radical (unpaired) electrons. The maximum atomic E-state index is 12.9. The van der Waals surface area contributed by atoms with E-state index in [0.717, 1.165) is 12.8 Å². The quantitative estimate of drug-likeness (QED) is 0.900. The fourth-order valence-electron chi connectivity index (χ4n) is 2.50. The summed E-state index contributed by atoms with van der Waals surface area (Å²) in [5.41, 5.74) is 0.660. The lowest BCUT2D eigenvalue weighted by Gasteiger charge is -2.27. The van der Waals surface area contributed by atoms with E-state index in [1.165, 1.54) is 4.31 Å². The predicted molar refractivity (Wildman–Crippen MR) is 83.3 cm³/mol. The van der Waals surface area contributed by atoms with Gasteiger partial charge in [-0.1, -0.05) is 12.1 Å². The van der Waals surface area contributed by atoms with Gasteiger partial charge in [-0.25, -0.2) is 8.42 Å². The minimum Gasteiger partial charge on any atom is -0.491 e. The summed E-state index contributed by atoms with van der Waals surface area (Å²) in [7, 11) is -3.38. The Bertz CT molecular complexity index is 599. The van der Waals surface area contributed by atoms with Crippen molar-refractivity contribution in [2.75, 3.05) is 24.0 Å². The molecule has 0 spiro atoms. The molecule has 1 atom stereocenters. The first-order chi connectivity index (χ1) is 10.1. The van der Waals surface area contributed by atoms with Gasteiger partial charge in [0, 0.05) is 25.6 Å². The number of nitrogens with one attached hydrogen (secondary N) is 1. The van der Waals surface area contributed by atoms with Crippen LogP contribution in [0.25, 0.3) is 0 Å². The highest BCUT2D eigenvalue weighted by Gasteiger charge is 2.33. The van der Waals surface area contributed by atoms with Gasteiger partial charge < -0.3 is 10.1 Å². The van der Waals surface area contributed by atoms with Crippen LogP contribution >= 0.6 is 0 Å². The highest BCUT2D eigenvalue weighted by Crippen LogP contribution is 2.33. The Kier molecular flexibility index (Phi) is 4.08. The molecule has 5 nitrogen and oxygen atoms in total. The van der Waals surface area contributed by atoms with Gasteiger partial charge in [-0.3, -0.25) is 4.31 Å². The molecule has 6 heteroatoms. The molecule has 2 aliphatic rings. The van der Waals surface area contributed by atoms with E-state index in [1.54, 1.807) is 6.92 Å². The van der Waals surface area contributed by atoms with E-state index in [0.29, 0.717) is 43.6 Å². The molecule has 0 amide bonds. The van der Waals surface area contributed by atoms with Crippen molar-refractivity contribution in [3.8, 4) is 5.75 Å². The van der Waals surface area contributed by atoms with E-state index in [2.05, 4.69) is 5.32 Å². The zero-order valence-electron chi connectivity index (χ0n) is 12.3. The zero-order valence-corrected chi connectivity index (χ0v) is 13.1. The third kappa shape index (κ3) is 3.16. The van der Waals surface area contributed by atoms with Gasteiger partial charge in [0.1, 0.15) is 5.75 Å². The molecule has 1 fully saturated rings. The molecule has 3 rings (SSSR count). The molecule has 1 saturated carbocycles. The number of anilines is 1. The molecule has 1 N–H and O–H groups in total. The molecular formula is C15H22N2O3S. The number of nitrogens with zero attached hydrogens (tertiary/aromatic N) is 1. The van der Waals surface area contributed by atoms with E-state index in [-0.39, 0.29) is 0 Å². The van der Waals surface area contributed by atoms with Gasteiger partial charge >= 0.3 is 0 Å². The van der Waals surface area contributed by atoms with Crippen molar-refractivity contribution in [3.63, 3.8) is 0 Å². The Hall–Kier alpha value is -1.27. The standard InChI is InChI=1S/C15H22N2O3S/c1-12(11-16-13-7-8-13)21(18,19)17-9-4-10-20-15-6-3-2-5-14(15)17/h2-3,5-6,12-13,16H,4,7-11H2,1H3. The molecule has 0 bridgehead atoms. The van der Waals surface area contributed by atoms with Crippen LogP contribution in [-0.2, 0) is 10.0 Å². The van der Waals surface area contributed by atoms with E-state index < -0.39 is 15.3 Å². The Balaban J connectivity index is 1.83. The molecule has 116 valence electrons. The van der Waals surface area contributed by atoms with Crippen LogP contribution in [0, 0.1) is 0 Å². The normalized spacial score (nSPS) is 20.3. The first kappa shape index (κ1) is 14.7. The highest BCUT2D eigenvalue weighted by molar-refractivity contribution is 7.93. The minimum absolute atomic E-state index is 0.441. The van der Waals surface area contributed by atoms with E-state index >= 15 is 0 Å². The number of ether oxygens (including phenoxy) is 1. The molecule has 0 aromatic heterocycles. The zero-order chi connectivity index (χ0) is 14.9. The van der Waals surface area contributed by atoms with Crippen molar-refractivity contribution >= 4 is 15.7 Å². The van der Waals surface area contributed by atoms with Crippen molar-refractivity contribution in [1.82, 2.24) is 5.32 Å². The number of hydrogen-bond donors (Lipinski definition) is 1. The summed E-state index contributed by atoms with van der Waals surface area (Å²) >= 11 is 0. The Morgan fingerprint density at radius 2 is 2.14 bits per heavy atom. The SMILES string of the molecule is CC(CNC1CC1)S(=O)(=O)N1CCCOc2ccccc21. The van der Waals surface area contributed by atoms with Crippen molar-refractivity contribution in [1.29, 1.82) is 0 Å². The molecule has 1 aliphatic carbocycles. The molecule has 1 aromatic rings. The number of sulfonamides is 1. The predicted octanol–water partition coefficient (Wildman–Crippen LogP) is 1.75. The fraction of sp³-hybridized carbons (Fsp3) is 0.600. The van der Waals surface area contributed by atoms with Gasteiger partial charge in [0.15, 0.2) is 0 Å². The lowest BCUT2D eigenvalue weighted by molar-refractivity contribution is 0.322. The minimum atomic E-state index is -3.38. The molecule has 0 saturated heterocycles. The van der Waals surface area contributed by atoms with E-state index in [9.17, 15) is 8.42 Å². The summed E-state index contributed by atoms with van der Waals surface area (Å²) in [6.07, 6.45) is 3.02. The van der Waals surface area contributed by atoms with Crippen molar-refractivity contribution in [2.45, 2.75) is 37.5 Å². The molecule has 1 aliphatic heterocycles. The van der Waals surface area contributed by atoms with Gasteiger partial charge in [-0.15, -0.1) is 0 Å². The number of para-hydroxylation sites is 2. The molecule has 1 aromatic carbocycles. The summed E-state index contributed by atoms with van der Waals surface area (Å²) in [6.45, 7) is 3.32. The van der Waals surface area contributed by atoms with Crippen molar-refractivity contribution in [3.05, 3.63) is 24.3 Å². The number of hydrogen-bond acceptors (Lipinski definition) is 4. The fourth-order valence-corrected chi connectivity index (χ4v) is 4.05. The maximum Gasteiger partial charge on any atom is 0.239 e. The smallest absolute Gasteiger partial charge is 0.239 e. The largest absolute Gasteiger partial charge is 0.491 e. The van der Waals surface area contributed by atoms with Gasteiger partial charge in [0.05, 0.1) is 17.5 Å². The topological polar surface area (TPSA) is 58.6 Å². The third-order valence-corrected chi connectivity index (χ3v) is 6.16. The lowest BCUT2D eigenvalue weighted by Crippen LogP contribution is -2.42. The first-order valence-electron chi connectivity index (χ1n) is 7.56. The summed E-state index contributed by atoms with van der Waals surface area (Å²) in [5.74, 6) is 0.654. The summed E-state index contributed by atoms with van der Waals surface area (Å²) < 4.78 is 32.9. The van der Waals surface area contributed by atoms with Crippen LogP contribution in [-0.4, -0.2) is 39.4 Å². The average molecular weight is 310 g/mol. The molecule has 1 heterocycles. The molecular weight excluding hydrogens is 288 g/mol. The van der Waals surface area contributed by atoms with Crippen LogP contribution < -0.4 is 14.4 Å². The van der Waals surface area contributed by atoms with Crippen LogP contribution in [0.3, 0.4) is 0 Å². The van der Waals surface area contributed by atoms with Crippen LogP contribution in [0.4, 0.5) is 5.69 Å². The van der Waals surface area contributed by atoms with Gasteiger partial charge in [-0.2, -0.15) is 0 Å². The van der Waals surface area contributed by atoms with Gasteiger partial charge in [-0.05, 0) is 31.9 Å². The number of rotatable bonds is 5. The molecule has 21 heavy (non-hydrogen) atoms. The van der Waals surface area contributed by atoms with Gasteiger partial charge in [0.25, 0.3) is 0 Å². The highest BCUT2D eigenvalue weighted by atomic mass is 32.2. The summed E-state index contributed by atoms with van der Waals surface area (Å²) in [5, 5.41) is 2.86. The number of benzene rings is 1. The second kappa shape index (κ2) is 5.85. The van der Waals surface area contributed by atoms with Crippen molar-refractivity contribution < 1.29 is 13.2 Å². The summed E-state index contributed by atoms with van der Waals surface area (Å²) in [4.78, 5) is 0. The Morgan fingerprint density at radius 3 is 2.90 bits per heavy atom. The number of fused-ring (bicyclic) bond motifs is 1. The Morgan fingerprint density at radius 1 is 1.38 bits per heavy atom. The van der Waals surface area contributed by atoms with E-state index in [1.807, 2.05) is 24.3 Å². The van der Waals surface area contributed by atoms with Crippen molar-refractivity contribution in [2.24, 2.45) is 0 Å². The third-order valence-electron chi connectivity index (χ3n) is 3.98. The second-order valence-electron chi connectivity index (χ2n) is 5.78. The van der Waals surface area contributed by atoms with Crippen LogP contribution in [0.5, 0.6) is 5.75 Å². The maximum absolute atomic E-state index is 12.9. The monoisotopic (exact) mass is 310 g/mol. The van der Waals surface area contributed by atoms with E-state index in [4.69, 9.17) is 4.74 Å². The van der Waals surface area contributed by atoms with Crippen LogP contribution in [0.15, 0.2) is 24.3 Å². The van der Waals surface area contributed by atoms with Crippen LogP contribution in [0.1, 0.15) is 26.2 Å². The second-order valence-corrected chi connectivity index (χ2v) is 8.06. The Labute approximate surface area is 126 Å². The first-order valence-corrected chi connectivity index (χ1v) is 9.06. The average Bonchev–Trinajstić information content (AvgIpc) is 3.30. The molecule has 1 unspecified atom stereocenters. The lowest BCUT2D eigenvalue weighted by atomic mass is 10.3. The van der Waals surface area contributed by atoms with Gasteiger partial charge in [0.2, 0.25) is 10.0 Å². The summed E-state index contributed by atoms with van der Waals surface area (Å²) in [6, 6.07) is 7.88.